The van der Waals surface area contributed by atoms with E-state index in [-0.39, 0.29) is 22.9 Å². The second kappa shape index (κ2) is 13.5. The Morgan fingerprint density at radius 1 is 1.31 bits per heavy atom. The van der Waals surface area contributed by atoms with E-state index in [9.17, 15) is 19.8 Å². The smallest absolute Gasteiger partial charge is 0.344 e. The number of hydrogen-bond acceptors (Lipinski definition) is 8. The third-order valence-electron chi connectivity index (χ3n) is 9.94. The maximum Gasteiger partial charge on any atom is 0.344 e. The average Bonchev–Trinajstić information content (AvgIpc) is 3.17. The number of pyridine rings is 1. The zero-order chi connectivity index (χ0) is 32.4. The van der Waals surface area contributed by atoms with Gasteiger partial charge in [-0.15, -0.1) is 13.2 Å². The second-order valence-electron chi connectivity index (χ2n) is 12.8. The van der Waals surface area contributed by atoms with Crippen molar-refractivity contribution in [1.82, 2.24) is 9.88 Å². The fraction of sp³-hybridized carbons (Fsp3) is 0.514. The highest BCUT2D eigenvalue weighted by Gasteiger charge is 2.47. The molecule has 1 unspecified atom stereocenters. The van der Waals surface area contributed by atoms with Gasteiger partial charge in [0.15, 0.2) is 11.6 Å². The van der Waals surface area contributed by atoms with Gasteiger partial charge in [0, 0.05) is 37.1 Å². The van der Waals surface area contributed by atoms with Crippen LogP contribution in [0.1, 0.15) is 55.3 Å². The normalized spacial score (nSPS) is 24.1. The van der Waals surface area contributed by atoms with Crippen LogP contribution in [0.25, 0.3) is 0 Å². The Hall–Kier alpha value is -3.40. The molecule has 9 nitrogen and oxygen atoms in total. The molecular formula is C35H44ClN3O6. The van der Waals surface area contributed by atoms with E-state index in [1.54, 1.807) is 25.3 Å². The van der Waals surface area contributed by atoms with Crippen LogP contribution in [0, 0.1) is 11.8 Å². The minimum absolute atomic E-state index is 0.00947. The Morgan fingerprint density at radius 3 is 2.80 bits per heavy atom. The van der Waals surface area contributed by atoms with Crippen molar-refractivity contribution < 1.29 is 29.3 Å². The molecule has 2 heterocycles. The number of esters is 1. The SMILES string of the molecule is C=CCCN(C)C(=O)C[C@@](O)(C(=O)OC)c1ccc2c(n1)N(C[C@@H]1CC[C@H]1[C@@H](O)C=C)CC1(CCCc3cc(Cl)ccc31)CO2. The Balaban J connectivity index is 1.55. The second-order valence-corrected chi connectivity index (χ2v) is 13.2. The first-order chi connectivity index (χ1) is 21.5. The lowest BCUT2D eigenvalue weighted by Gasteiger charge is -2.45. The number of benzene rings is 1. The minimum atomic E-state index is -2.31. The van der Waals surface area contributed by atoms with Crippen molar-refractivity contribution >= 4 is 29.3 Å². The quantitative estimate of drug-likeness (QED) is 0.272. The van der Waals surface area contributed by atoms with Gasteiger partial charge in [0.1, 0.15) is 0 Å². The monoisotopic (exact) mass is 637 g/mol. The molecule has 5 atom stereocenters. The van der Waals surface area contributed by atoms with Gasteiger partial charge in [-0.25, -0.2) is 9.78 Å². The summed E-state index contributed by atoms with van der Waals surface area (Å²) in [6.45, 7) is 9.48. The van der Waals surface area contributed by atoms with Crippen molar-refractivity contribution in [3.63, 3.8) is 0 Å². The molecule has 2 N–H and O–H groups in total. The van der Waals surface area contributed by atoms with Crippen LogP contribution in [0.15, 0.2) is 55.6 Å². The van der Waals surface area contributed by atoms with Gasteiger partial charge in [0.05, 0.1) is 31.9 Å². The van der Waals surface area contributed by atoms with Crippen LogP contribution >= 0.6 is 11.6 Å². The topological polar surface area (TPSA) is 112 Å². The van der Waals surface area contributed by atoms with Crippen LogP contribution < -0.4 is 9.64 Å². The molecule has 242 valence electrons. The van der Waals surface area contributed by atoms with Crippen LogP contribution in [0.2, 0.25) is 5.02 Å². The predicted octanol–water partition coefficient (Wildman–Crippen LogP) is 4.57. The first-order valence-corrected chi connectivity index (χ1v) is 16.1. The van der Waals surface area contributed by atoms with Crippen LogP contribution in [-0.4, -0.2) is 78.5 Å². The van der Waals surface area contributed by atoms with Crippen molar-refractivity contribution in [3.8, 4) is 5.75 Å². The van der Waals surface area contributed by atoms with Gasteiger partial charge in [-0.2, -0.15) is 0 Å². The van der Waals surface area contributed by atoms with Crippen molar-refractivity contribution in [1.29, 1.82) is 0 Å². The van der Waals surface area contributed by atoms with Gasteiger partial charge < -0.3 is 29.5 Å². The number of aromatic nitrogens is 1. The first-order valence-electron chi connectivity index (χ1n) is 15.7. The van der Waals surface area contributed by atoms with Crippen LogP contribution in [0.3, 0.4) is 0 Å². The van der Waals surface area contributed by atoms with Gasteiger partial charge in [-0.3, -0.25) is 4.79 Å². The number of aryl methyl sites for hydroxylation is 1. The number of methoxy groups -OCH3 is 1. The molecule has 5 rings (SSSR count). The van der Waals surface area contributed by atoms with Crippen LogP contribution in [-0.2, 0) is 31.8 Å². The molecule has 1 aromatic carbocycles. The third-order valence-corrected chi connectivity index (χ3v) is 10.2. The summed E-state index contributed by atoms with van der Waals surface area (Å²) < 4.78 is 11.5. The molecule has 1 aromatic heterocycles. The standard InChI is InChI=1S/C35H44ClN3O6/c1-5-7-17-38(3)31(41)19-35(43,33(42)44-4)30-15-14-29-32(37-30)39(20-24-10-12-26(24)28(40)6-2)21-34(22-45-29)16-8-9-23-18-25(36)11-13-27(23)34/h5-6,11,13-15,18,24,26,28,40,43H,1-2,7-10,12,16-17,19-22H2,3-4H3/t24-,26+,28-,34?,35-/m0/s1. The molecule has 2 aromatic rings. The maximum absolute atomic E-state index is 13.1. The maximum atomic E-state index is 13.1. The van der Waals surface area contributed by atoms with Gasteiger partial charge in [0.2, 0.25) is 11.5 Å². The Morgan fingerprint density at radius 2 is 2.11 bits per heavy atom. The van der Waals surface area contributed by atoms with Crippen LogP contribution in [0.4, 0.5) is 5.82 Å². The lowest BCUT2D eigenvalue weighted by atomic mass is 9.68. The van der Waals surface area contributed by atoms with Crippen LogP contribution in [0.5, 0.6) is 5.75 Å². The number of rotatable bonds is 11. The molecule has 1 saturated carbocycles. The molecule has 2 aliphatic carbocycles. The largest absolute Gasteiger partial charge is 0.489 e. The summed E-state index contributed by atoms with van der Waals surface area (Å²) in [7, 11) is 2.79. The van der Waals surface area contributed by atoms with E-state index >= 15 is 0 Å². The number of ether oxygens (including phenoxy) is 2. The first kappa shape index (κ1) is 33.0. The Kier molecular flexibility index (Phi) is 9.91. The summed E-state index contributed by atoms with van der Waals surface area (Å²) >= 11 is 6.39. The van der Waals surface area contributed by atoms with Gasteiger partial charge >= 0.3 is 5.97 Å². The van der Waals surface area contributed by atoms with E-state index in [0.717, 1.165) is 32.1 Å². The number of aliphatic hydroxyl groups is 2. The summed E-state index contributed by atoms with van der Waals surface area (Å²) in [4.78, 5) is 34.8. The van der Waals surface area contributed by atoms with E-state index in [0.29, 0.717) is 49.3 Å². The van der Waals surface area contributed by atoms with Crippen molar-refractivity contribution in [3.05, 3.63) is 77.5 Å². The zero-order valence-corrected chi connectivity index (χ0v) is 27.0. The number of anilines is 1. The predicted molar refractivity (Wildman–Crippen MR) is 173 cm³/mol. The van der Waals surface area contributed by atoms with E-state index in [1.807, 2.05) is 12.1 Å². The van der Waals surface area contributed by atoms with Crippen molar-refractivity contribution in [2.45, 2.75) is 62.1 Å². The van der Waals surface area contributed by atoms with Crippen molar-refractivity contribution in [2.75, 3.05) is 45.3 Å². The molecule has 10 heteroatoms. The summed E-state index contributed by atoms with van der Waals surface area (Å²) in [6, 6.07) is 9.31. The molecular weight excluding hydrogens is 594 g/mol. The minimum Gasteiger partial charge on any atom is -0.489 e. The molecule has 0 radical (unpaired) electrons. The summed E-state index contributed by atoms with van der Waals surface area (Å²) in [6.07, 6.45) is 7.38. The fourth-order valence-electron chi connectivity index (χ4n) is 7.14. The molecule has 1 fully saturated rings. The number of fused-ring (bicyclic) bond motifs is 3. The molecule has 1 spiro atoms. The molecule has 0 saturated heterocycles. The highest BCUT2D eigenvalue weighted by atomic mass is 35.5. The lowest BCUT2D eigenvalue weighted by molar-refractivity contribution is -0.168. The average molecular weight is 638 g/mol. The van der Waals surface area contributed by atoms with Gasteiger partial charge in [-0.1, -0.05) is 29.8 Å². The number of carbonyl (C=O) groups excluding carboxylic acids is 2. The summed E-state index contributed by atoms with van der Waals surface area (Å²) in [5.41, 5.74) is -0.246. The van der Waals surface area contributed by atoms with Gasteiger partial charge in [0.25, 0.3) is 0 Å². The number of nitrogens with zero attached hydrogens (tertiary/aromatic N) is 3. The number of hydrogen-bond donors (Lipinski definition) is 2. The Bertz CT molecular complexity index is 1450. The van der Waals surface area contributed by atoms with E-state index < -0.39 is 30.0 Å². The number of halogens is 1. The molecule has 3 aliphatic rings. The van der Waals surface area contributed by atoms with Crippen molar-refractivity contribution in [2.24, 2.45) is 11.8 Å². The fourth-order valence-corrected chi connectivity index (χ4v) is 7.33. The summed E-state index contributed by atoms with van der Waals surface area (Å²) in [5.74, 6) is -0.134. The van der Waals surface area contributed by atoms with E-state index in [2.05, 4.69) is 24.1 Å². The van der Waals surface area contributed by atoms with E-state index in [1.165, 1.54) is 29.2 Å². The molecule has 1 aliphatic heterocycles. The highest BCUT2D eigenvalue weighted by Crippen LogP contribution is 2.46. The van der Waals surface area contributed by atoms with E-state index in [4.69, 9.17) is 26.1 Å². The number of carbonyl (C=O) groups is 2. The molecule has 0 bridgehead atoms. The zero-order valence-electron chi connectivity index (χ0n) is 26.2. The number of aliphatic hydroxyl groups excluding tert-OH is 1. The lowest BCUT2D eigenvalue weighted by Crippen LogP contribution is -2.49. The summed E-state index contributed by atoms with van der Waals surface area (Å²) in [5, 5.41) is 23.2. The highest BCUT2D eigenvalue weighted by molar-refractivity contribution is 6.30. The molecule has 45 heavy (non-hydrogen) atoms. The molecule has 1 amide bonds. The third kappa shape index (κ3) is 6.48. The Labute approximate surface area is 270 Å². The van der Waals surface area contributed by atoms with Gasteiger partial charge in [-0.05, 0) is 85.8 Å². The number of amides is 1.